The molecule has 1 aliphatic rings. The molecule has 0 amide bonds. The first-order valence-electron chi connectivity index (χ1n) is 16.4. The molecule has 3 heterocycles. The van der Waals surface area contributed by atoms with E-state index >= 15 is 0 Å². The zero-order chi connectivity index (χ0) is 32.9. The molecule has 0 saturated carbocycles. The molecule has 0 N–H and O–H groups in total. The summed E-state index contributed by atoms with van der Waals surface area (Å²) in [6, 6.07) is 40.4. The van der Waals surface area contributed by atoms with Crippen molar-refractivity contribution in [1.29, 1.82) is 0 Å². The van der Waals surface area contributed by atoms with Crippen LogP contribution in [-0.4, -0.2) is 18.0 Å². The second kappa shape index (κ2) is 13.0. The maximum absolute atomic E-state index is 6.66. The van der Waals surface area contributed by atoms with Gasteiger partial charge >= 0.3 is 0 Å². The number of pyridine rings is 2. The van der Waals surface area contributed by atoms with Gasteiger partial charge in [0.1, 0.15) is 5.58 Å². The van der Waals surface area contributed by atoms with E-state index in [1.807, 2.05) is 42.7 Å². The molecule has 243 valence electrons. The molecule has 0 fully saturated rings. The number of aromatic nitrogens is 2. The minimum atomic E-state index is -1.23. The van der Waals surface area contributed by atoms with Crippen molar-refractivity contribution in [2.75, 3.05) is 0 Å². The molecule has 8 rings (SSSR count). The normalized spacial score (nSPS) is 13.1. The summed E-state index contributed by atoms with van der Waals surface area (Å²) in [5.41, 5.74) is 12.1. The Kier molecular flexibility index (Phi) is 9.17. The molecule has 1 radical (unpaired) electrons. The van der Waals surface area contributed by atoms with Crippen molar-refractivity contribution < 1.29 is 24.5 Å². The number of rotatable bonds is 4. The zero-order valence-corrected chi connectivity index (χ0v) is 32.0. The van der Waals surface area contributed by atoms with Crippen LogP contribution in [0, 0.1) is 12.1 Å². The molecule has 4 aromatic carbocycles. The quantitative estimate of drug-likeness (QED) is 0.131. The Morgan fingerprint density at radius 1 is 0.729 bits per heavy atom. The molecule has 0 bridgehead atoms. The van der Waals surface area contributed by atoms with Crippen LogP contribution in [0.4, 0.5) is 0 Å². The van der Waals surface area contributed by atoms with Crippen LogP contribution in [0.3, 0.4) is 0 Å². The maximum Gasteiger partial charge on any atom is 0.129 e. The van der Waals surface area contributed by atoms with Crippen LogP contribution in [0.5, 0.6) is 0 Å². The van der Waals surface area contributed by atoms with Crippen LogP contribution in [-0.2, 0) is 25.5 Å². The van der Waals surface area contributed by atoms with Crippen LogP contribution in [0.25, 0.3) is 55.6 Å². The molecule has 0 aliphatic heterocycles. The monoisotopic (exact) mass is 821 g/mol. The van der Waals surface area contributed by atoms with E-state index < -0.39 is 8.07 Å². The zero-order valence-electron chi connectivity index (χ0n) is 28.6. The fourth-order valence-corrected chi connectivity index (χ4v) is 7.70. The van der Waals surface area contributed by atoms with Gasteiger partial charge in [-0.3, -0.25) is 0 Å². The van der Waals surface area contributed by atoms with Crippen molar-refractivity contribution in [2.24, 2.45) is 0 Å². The Morgan fingerprint density at radius 3 is 2.21 bits per heavy atom. The van der Waals surface area contributed by atoms with Gasteiger partial charge in [-0.25, -0.2) is 0 Å². The van der Waals surface area contributed by atoms with E-state index in [4.69, 9.17) is 4.42 Å². The van der Waals surface area contributed by atoms with Gasteiger partial charge in [-0.2, -0.15) is 0 Å². The molecular formula is C43H40IrN2OSi-2. The van der Waals surface area contributed by atoms with Gasteiger partial charge < -0.3 is 14.4 Å². The summed E-state index contributed by atoms with van der Waals surface area (Å²) in [6.07, 6.45) is 3.90. The summed E-state index contributed by atoms with van der Waals surface area (Å²) >= 11 is 0. The van der Waals surface area contributed by atoms with Gasteiger partial charge in [0.2, 0.25) is 0 Å². The fraction of sp³-hybridized carbons (Fsp3) is 0.209. The van der Waals surface area contributed by atoms with Gasteiger partial charge in [0.05, 0.1) is 13.7 Å². The number of hydrogen-bond donors (Lipinski definition) is 0. The second-order valence-corrected chi connectivity index (χ2v) is 19.4. The van der Waals surface area contributed by atoms with Gasteiger partial charge in [0.15, 0.2) is 0 Å². The van der Waals surface area contributed by atoms with Crippen molar-refractivity contribution in [2.45, 2.75) is 58.7 Å². The summed E-state index contributed by atoms with van der Waals surface area (Å²) < 4.78 is 6.66. The predicted octanol–water partition coefficient (Wildman–Crippen LogP) is 11.0. The standard InChI is InChI=1S/C29H24NO.C14H16NSi.Ir/c1-17(2)18-14-15-30-25(16-18)22-10-7-9-19-20-12-13-24-26(28(20)31-27(19)22)21-8-5-6-11-23(21)29(24,3)4;1-16(2,3)13-9-10-14(15-11-13)12-7-5-4-6-8-12;/h5-9,11-17H,1-4H3;4-7,9-11H,1-3H3;/q2*-1;. The first-order valence-corrected chi connectivity index (χ1v) is 19.9. The third-order valence-corrected chi connectivity index (χ3v) is 11.5. The molecule has 48 heavy (non-hydrogen) atoms. The van der Waals surface area contributed by atoms with Gasteiger partial charge in [-0.1, -0.05) is 118 Å². The first kappa shape index (κ1) is 33.7. The van der Waals surface area contributed by atoms with E-state index in [-0.39, 0.29) is 25.5 Å². The molecular weight excluding hydrogens is 781 g/mol. The Bertz CT molecular complexity index is 2230. The summed E-state index contributed by atoms with van der Waals surface area (Å²) in [6.45, 7) is 16.0. The molecule has 0 spiro atoms. The molecule has 3 nitrogen and oxygen atoms in total. The van der Waals surface area contributed by atoms with Crippen molar-refractivity contribution in [3.63, 3.8) is 0 Å². The third kappa shape index (κ3) is 6.00. The molecule has 3 aromatic heterocycles. The number of furan rings is 1. The van der Waals surface area contributed by atoms with Crippen molar-refractivity contribution in [3.05, 3.63) is 138 Å². The van der Waals surface area contributed by atoms with Crippen LogP contribution >= 0.6 is 0 Å². The fourth-order valence-electron chi connectivity index (χ4n) is 6.67. The minimum Gasteiger partial charge on any atom is -0.500 e. The maximum atomic E-state index is 6.66. The van der Waals surface area contributed by atoms with Crippen molar-refractivity contribution >= 4 is 35.2 Å². The Hall–Kier alpha value is -4.15. The second-order valence-electron chi connectivity index (χ2n) is 14.3. The minimum absolute atomic E-state index is 0. The van der Waals surface area contributed by atoms with Gasteiger partial charge in [-0.15, -0.1) is 54.1 Å². The van der Waals surface area contributed by atoms with Gasteiger partial charge in [0.25, 0.3) is 0 Å². The molecule has 1 aliphatic carbocycles. The Labute approximate surface area is 298 Å². The van der Waals surface area contributed by atoms with Crippen LogP contribution in [0.15, 0.2) is 114 Å². The van der Waals surface area contributed by atoms with Crippen molar-refractivity contribution in [1.82, 2.24) is 9.97 Å². The van der Waals surface area contributed by atoms with E-state index in [0.717, 1.165) is 44.5 Å². The first-order chi connectivity index (χ1) is 22.5. The number of fused-ring (bicyclic) bond motifs is 7. The molecule has 7 aromatic rings. The van der Waals surface area contributed by atoms with Gasteiger partial charge in [0, 0.05) is 48.9 Å². The van der Waals surface area contributed by atoms with Crippen LogP contribution in [0.2, 0.25) is 19.6 Å². The molecule has 0 atom stereocenters. The molecule has 0 unspecified atom stereocenters. The van der Waals surface area contributed by atoms with Crippen LogP contribution < -0.4 is 5.19 Å². The van der Waals surface area contributed by atoms with Crippen LogP contribution in [0.1, 0.15) is 50.3 Å². The average Bonchev–Trinajstić information content (AvgIpc) is 3.58. The largest absolute Gasteiger partial charge is 0.500 e. The smallest absolute Gasteiger partial charge is 0.129 e. The Morgan fingerprint density at radius 2 is 1.50 bits per heavy atom. The van der Waals surface area contributed by atoms with E-state index in [2.05, 4.69) is 136 Å². The van der Waals surface area contributed by atoms with E-state index in [1.165, 1.54) is 33.0 Å². The topological polar surface area (TPSA) is 38.9 Å². The summed E-state index contributed by atoms with van der Waals surface area (Å²) in [4.78, 5) is 9.17. The average molecular weight is 821 g/mol. The van der Waals surface area contributed by atoms with E-state index in [9.17, 15) is 0 Å². The summed E-state index contributed by atoms with van der Waals surface area (Å²) in [5, 5.41) is 3.66. The number of benzene rings is 4. The molecule has 0 saturated heterocycles. The summed E-state index contributed by atoms with van der Waals surface area (Å²) in [5.74, 6) is 0.443. The van der Waals surface area contributed by atoms with E-state index in [1.54, 1.807) is 0 Å². The molecule has 5 heteroatoms. The van der Waals surface area contributed by atoms with Crippen molar-refractivity contribution in [3.8, 4) is 33.6 Å². The third-order valence-electron chi connectivity index (χ3n) is 9.47. The summed E-state index contributed by atoms with van der Waals surface area (Å²) in [7, 11) is -1.23. The van der Waals surface area contributed by atoms with E-state index in [0.29, 0.717) is 5.92 Å². The Balaban J connectivity index is 0.000000201. The predicted molar refractivity (Wildman–Crippen MR) is 199 cm³/mol. The SMILES string of the molecule is CC(C)c1ccnc(-c2[c-]ccc3c2oc2c4c(ccc23)C(C)(C)c2ccccc2-4)c1.C[Si](C)(C)c1ccc(-c2[c-]cccc2)nc1.[Ir]. The number of nitrogens with zero attached hydrogens (tertiary/aromatic N) is 2. The number of hydrogen-bond acceptors (Lipinski definition) is 3. The van der Waals surface area contributed by atoms with Gasteiger partial charge in [-0.05, 0) is 45.2 Å².